The van der Waals surface area contributed by atoms with E-state index >= 15 is 0 Å². The number of aliphatic imine (C=N–C) groups is 1. The zero-order valence-electron chi connectivity index (χ0n) is 4.63. The Morgan fingerprint density at radius 2 is 2.75 bits per heavy atom. The molecule has 2 radical (unpaired) electrons. The Labute approximate surface area is 54.2 Å². The predicted octanol–water partition coefficient (Wildman–Crippen LogP) is 0.954. The molecule has 0 aromatic heterocycles. The number of rotatable bonds is 1. The molecule has 0 bridgehead atoms. The third-order valence-corrected chi connectivity index (χ3v) is 1.16. The molecule has 44 valence electrons. The van der Waals surface area contributed by atoms with Crippen LogP contribution in [0.15, 0.2) is 4.99 Å². The highest BCUT2D eigenvalue weighted by atomic mass is 35.5. The summed E-state index contributed by atoms with van der Waals surface area (Å²) in [6.45, 7) is 4.74. The molecule has 0 saturated heterocycles. The van der Waals surface area contributed by atoms with Gasteiger partial charge in [-0.1, -0.05) is 11.6 Å². The monoisotopic (exact) mass is 130 g/mol. The van der Waals surface area contributed by atoms with Crippen molar-refractivity contribution in [3.63, 3.8) is 0 Å². The van der Waals surface area contributed by atoms with Gasteiger partial charge in [-0.05, 0) is 6.92 Å². The highest BCUT2D eigenvalue weighted by molar-refractivity contribution is 6.22. The number of halogens is 1. The molecule has 2 nitrogen and oxygen atoms in total. The second kappa shape index (κ2) is 2.35. The smallest absolute Gasteiger partial charge is 0.169 e. The minimum absolute atomic E-state index is 0.185. The fourth-order valence-electron chi connectivity index (χ4n) is 0.521. The fourth-order valence-corrected chi connectivity index (χ4v) is 0.700. The van der Waals surface area contributed by atoms with Crippen molar-refractivity contribution in [3.05, 3.63) is 6.54 Å². The Kier molecular flexibility index (Phi) is 1.73. The van der Waals surface area contributed by atoms with Crippen molar-refractivity contribution in [1.29, 1.82) is 0 Å². The first kappa shape index (κ1) is 5.89. The van der Waals surface area contributed by atoms with Crippen LogP contribution in [0.3, 0.4) is 0 Å². The Morgan fingerprint density at radius 1 is 2.00 bits per heavy atom. The molecule has 0 spiro atoms. The maximum Gasteiger partial charge on any atom is 0.169 e. The molecule has 0 fully saturated rings. The van der Waals surface area contributed by atoms with Gasteiger partial charge in [-0.25, -0.2) is 4.99 Å². The molecule has 1 atom stereocenters. The third kappa shape index (κ3) is 1.13. The van der Waals surface area contributed by atoms with Gasteiger partial charge >= 0.3 is 0 Å². The zero-order chi connectivity index (χ0) is 5.98. The van der Waals surface area contributed by atoms with Crippen molar-refractivity contribution in [2.24, 2.45) is 4.99 Å². The average Bonchev–Trinajstić information content (AvgIpc) is 2.14. The van der Waals surface area contributed by atoms with Crippen LogP contribution in [0.25, 0.3) is 0 Å². The third-order valence-electron chi connectivity index (χ3n) is 0.953. The molecule has 0 amide bonds. The number of hydrogen-bond donors (Lipinski definition) is 0. The Balaban J connectivity index is 2.34. The molecular formula is C5H7ClN2. The summed E-state index contributed by atoms with van der Waals surface area (Å²) in [6.07, 6.45) is 2.73. The molecule has 0 aliphatic carbocycles. The van der Waals surface area contributed by atoms with Gasteiger partial charge in [-0.15, -0.1) is 0 Å². The van der Waals surface area contributed by atoms with E-state index in [0.717, 1.165) is 6.54 Å². The molecule has 1 aliphatic heterocycles. The second-order valence-corrected chi connectivity index (χ2v) is 1.98. The van der Waals surface area contributed by atoms with E-state index in [1.165, 1.54) is 0 Å². The lowest BCUT2D eigenvalue weighted by molar-refractivity contribution is 0.558. The molecule has 1 unspecified atom stereocenters. The molecule has 1 rings (SSSR count). The second-order valence-electron chi connectivity index (χ2n) is 1.54. The van der Waals surface area contributed by atoms with E-state index in [4.69, 9.17) is 11.6 Å². The van der Waals surface area contributed by atoms with E-state index in [9.17, 15) is 0 Å². The zero-order valence-corrected chi connectivity index (χ0v) is 5.39. The van der Waals surface area contributed by atoms with Gasteiger partial charge < -0.3 is 4.90 Å². The number of alkyl halides is 1. The Bertz CT molecular complexity index is 103. The van der Waals surface area contributed by atoms with Crippen LogP contribution in [-0.4, -0.2) is 23.3 Å². The number of likely N-dealkylation sites (N-methyl/N-ethyl adjacent to an activating group) is 1. The first-order valence-corrected chi connectivity index (χ1v) is 2.97. The lowest BCUT2D eigenvalue weighted by Gasteiger charge is -2.06. The van der Waals surface area contributed by atoms with Gasteiger partial charge in [0.25, 0.3) is 0 Å². The van der Waals surface area contributed by atoms with Gasteiger partial charge in [0.2, 0.25) is 0 Å². The minimum atomic E-state index is -0.185. The summed E-state index contributed by atoms with van der Waals surface area (Å²) >= 11 is 5.56. The summed E-state index contributed by atoms with van der Waals surface area (Å²) in [5, 5.41) is 0. The summed E-state index contributed by atoms with van der Waals surface area (Å²) < 4.78 is 0. The van der Waals surface area contributed by atoms with Gasteiger partial charge in [-0.2, -0.15) is 0 Å². The van der Waals surface area contributed by atoms with Gasteiger partial charge in [0.15, 0.2) is 6.34 Å². The predicted molar refractivity (Wildman–Crippen MR) is 33.8 cm³/mol. The van der Waals surface area contributed by atoms with Crippen LogP contribution in [0.4, 0.5) is 0 Å². The van der Waals surface area contributed by atoms with Crippen LogP contribution in [0.2, 0.25) is 0 Å². The first-order valence-electron chi connectivity index (χ1n) is 2.54. The Hall–Kier alpha value is -0.240. The molecule has 0 saturated carbocycles. The number of hydrogen-bond acceptors (Lipinski definition) is 2. The highest BCUT2D eigenvalue weighted by Gasteiger charge is 2.13. The summed E-state index contributed by atoms with van der Waals surface area (Å²) in [7, 11) is 0. The van der Waals surface area contributed by atoms with Crippen LogP contribution in [0.5, 0.6) is 0 Å². The average molecular weight is 131 g/mol. The fraction of sp³-hybridized carbons (Fsp3) is 0.600. The largest absolute Gasteiger partial charge is 0.345 e. The van der Waals surface area contributed by atoms with Crippen molar-refractivity contribution in [2.45, 2.75) is 12.4 Å². The summed E-state index contributed by atoms with van der Waals surface area (Å²) in [5.41, 5.74) is -0.185. The lowest BCUT2D eigenvalue weighted by atomic mass is 10.6. The van der Waals surface area contributed by atoms with Crippen molar-refractivity contribution < 1.29 is 0 Å². The minimum Gasteiger partial charge on any atom is -0.345 e. The quantitative estimate of drug-likeness (QED) is 0.381. The van der Waals surface area contributed by atoms with Gasteiger partial charge in [0.1, 0.15) is 5.50 Å². The van der Waals surface area contributed by atoms with Crippen LogP contribution < -0.4 is 0 Å². The van der Waals surface area contributed by atoms with E-state index in [-0.39, 0.29) is 5.50 Å². The molecular weight excluding hydrogens is 124 g/mol. The van der Waals surface area contributed by atoms with Crippen LogP contribution >= 0.6 is 11.6 Å². The standard InChI is InChI=1S/C5H7ClN2/c1-2-8-3-5(6)7-4-8/h3,5H,2H2,1H3. The SMILES string of the molecule is CCN1[C]=NC(Cl)[CH]1. The van der Waals surface area contributed by atoms with E-state index in [1.54, 1.807) is 0 Å². The lowest BCUT2D eigenvalue weighted by Crippen LogP contribution is -2.14. The van der Waals surface area contributed by atoms with Crippen molar-refractivity contribution in [1.82, 2.24) is 4.90 Å². The molecule has 0 aromatic carbocycles. The topological polar surface area (TPSA) is 15.6 Å². The van der Waals surface area contributed by atoms with Gasteiger partial charge in [-0.3, -0.25) is 0 Å². The normalized spacial score (nSPS) is 27.2. The van der Waals surface area contributed by atoms with Crippen LogP contribution in [0, 0.1) is 6.54 Å². The molecule has 3 heteroatoms. The van der Waals surface area contributed by atoms with Crippen LogP contribution in [-0.2, 0) is 0 Å². The first-order chi connectivity index (χ1) is 3.83. The van der Waals surface area contributed by atoms with E-state index < -0.39 is 0 Å². The van der Waals surface area contributed by atoms with E-state index in [2.05, 4.69) is 11.3 Å². The van der Waals surface area contributed by atoms with Crippen molar-refractivity contribution in [3.8, 4) is 0 Å². The summed E-state index contributed by atoms with van der Waals surface area (Å²) in [5.74, 6) is 0. The summed E-state index contributed by atoms with van der Waals surface area (Å²) in [6, 6.07) is 0. The van der Waals surface area contributed by atoms with Crippen molar-refractivity contribution >= 4 is 17.9 Å². The van der Waals surface area contributed by atoms with Gasteiger partial charge in [0, 0.05) is 6.54 Å². The molecule has 1 heterocycles. The molecule has 8 heavy (non-hydrogen) atoms. The molecule has 1 aliphatic rings. The maximum absolute atomic E-state index is 5.56. The highest BCUT2D eigenvalue weighted by Crippen LogP contribution is 2.10. The molecule has 0 aromatic rings. The molecule has 0 N–H and O–H groups in total. The number of nitrogens with zero attached hydrogens (tertiary/aromatic N) is 2. The van der Waals surface area contributed by atoms with E-state index in [0.29, 0.717) is 0 Å². The maximum atomic E-state index is 5.56. The van der Waals surface area contributed by atoms with Crippen LogP contribution in [0.1, 0.15) is 6.92 Å². The van der Waals surface area contributed by atoms with E-state index in [1.807, 2.05) is 18.4 Å². The summed E-state index contributed by atoms with van der Waals surface area (Å²) in [4.78, 5) is 5.61. The Morgan fingerprint density at radius 3 is 3.00 bits per heavy atom. The van der Waals surface area contributed by atoms with Crippen molar-refractivity contribution in [2.75, 3.05) is 6.54 Å². The van der Waals surface area contributed by atoms with Gasteiger partial charge in [0.05, 0.1) is 6.54 Å².